The molecule has 2 fully saturated rings. The third kappa shape index (κ3) is 3.51. The summed E-state index contributed by atoms with van der Waals surface area (Å²) < 4.78 is 0. The highest BCUT2D eigenvalue weighted by molar-refractivity contribution is 7.13. The first-order chi connectivity index (χ1) is 9.76. The van der Waals surface area contributed by atoms with Crippen LogP contribution in [0.25, 0.3) is 0 Å². The van der Waals surface area contributed by atoms with Gasteiger partial charge in [0.05, 0.1) is 5.69 Å². The van der Waals surface area contributed by atoms with Gasteiger partial charge in [0.25, 0.3) is 0 Å². The van der Waals surface area contributed by atoms with Crippen LogP contribution >= 0.6 is 11.3 Å². The molecule has 0 radical (unpaired) electrons. The van der Waals surface area contributed by atoms with Crippen LogP contribution in [0.4, 0.5) is 5.13 Å². The molecule has 1 aromatic rings. The van der Waals surface area contributed by atoms with E-state index >= 15 is 0 Å². The molecule has 1 N–H and O–H groups in total. The van der Waals surface area contributed by atoms with Crippen LogP contribution in [0, 0.1) is 0 Å². The van der Waals surface area contributed by atoms with Gasteiger partial charge in [0.1, 0.15) is 0 Å². The normalized spacial score (nSPS) is 21.3. The first-order valence-electron chi connectivity index (χ1n) is 7.89. The molecule has 0 amide bonds. The fraction of sp³-hybridized carbons (Fsp3) is 0.800. The van der Waals surface area contributed by atoms with Gasteiger partial charge >= 0.3 is 0 Å². The summed E-state index contributed by atoms with van der Waals surface area (Å²) in [6.45, 7) is 6.83. The second kappa shape index (κ2) is 6.41. The molecular formula is C15H26N4S. The first kappa shape index (κ1) is 14.3. The molecule has 1 saturated heterocycles. The fourth-order valence-corrected chi connectivity index (χ4v) is 3.72. The van der Waals surface area contributed by atoms with Gasteiger partial charge in [-0.3, -0.25) is 0 Å². The summed E-state index contributed by atoms with van der Waals surface area (Å²) in [5.74, 6) is 0. The molecule has 2 aliphatic rings. The maximum atomic E-state index is 4.79. The predicted molar refractivity (Wildman–Crippen MR) is 85.5 cm³/mol. The van der Waals surface area contributed by atoms with E-state index in [0.29, 0.717) is 6.04 Å². The van der Waals surface area contributed by atoms with E-state index in [-0.39, 0.29) is 0 Å². The Labute approximate surface area is 126 Å². The highest BCUT2D eigenvalue weighted by Gasteiger charge is 2.24. The van der Waals surface area contributed by atoms with E-state index in [1.54, 1.807) is 11.3 Å². The van der Waals surface area contributed by atoms with Crippen LogP contribution in [0.15, 0.2) is 5.38 Å². The number of likely N-dealkylation sites (tertiary alicyclic amines) is 1. The minimum Gasteiger partial charge on any atom is -0.348 e. The van der Waals surface area contributed by atoms with E-state index in [4.69, 9.17) is 4.98 Å². The van der Waals surface area contributed by atoms with Gasteiger partial charge < -0.3 is 15.1 Å². The quantitative estimate of drug-likeness (QED) is 0.872. The Morgan fingerprint density at radius 3 is 2.75 bits per heavy atom. The van der Waals surface area contributed by atoms with Gasteiger partial charge in [0.15, 0.2) is 5.13 Å². The van der Waals surface area contributed by atoms with E-state index in [9.17, 15) is 0 Å². The van der Waals surface area contributed by atoms with Crippen molar-refractivity contribution in [1.29, 1.82) is 0 Å². The second-order valence-corrected chi connectivity index (χ2v) is 6.89. The zero-order chi connectivity index (χ0) is 13.9. The Kier molecular flexibility index (Phi) is 4.58. The number of aromatic nitrogens is 1. The number of rotatable bonds is 6. The maximum Gasteiger partial charge on any atom is 0.185 e. The van der Waals surface area contributed by atoms with Crippen molar-refractivity contribution in [3.63, 3.8) is 0 Å². The summed E-state index contributed by atoms with van der Waals surface area (Å²) in [5, 5.41) is 6.94. The number of hydrogen-bond acceptors (Lipinski definition) is 5. The Bertz CT molecular complexity index is 421. The molecule has 2 heterocycles. The molecular weight excluding hydrogens is 268 g/mol. The number of nitrogens with one attached hydrogen (secondary N) is 1. The highest BCUT2D eigenvalue weighted by Crippen LogP contribution is 2.26. The second-order valence-electron chi connectivity index (χ2n) is 6.05. The molecule has 1 saturated carbocycles. The predicted octanol–water partition coefficient (Wildman–Crippen LogP) is 2.32. The van der Waals surface area contributed by atoms with Crippen LogP contribution in [-0.2, 0) is 6.54 Å². The average Bonchev–Trinajstić information content (AvgIpc) is 3.21. The number of anilines is 1. The summed E-state index contributed by atoms with van der Waals surface area (Å²) >= 11 is 1.79. The van der Waals surface area contributed by atoms with Gasteiger partial charge in [-0.2, -0.15) is 0 Å². The molecule has 4 nitrogen and oxygen atoms in total. The fourth-order valence-electron chi connectivity index (χ4n) is 2.85. The van der Waals surface area contributed by atoms with Gasteiger partial charge in [-0.25, -0.2) is 4.98 Å². The van der Waals surface area contributed by atoms with Gasteiger partial charge in [-0.15, -0.1) is 11.3 Å². The van der Waals surface area contributed by atoms with Gasteiger partial charge in [-0.05, 0) is 32.2 Å². The molecule has 0 spiro atoms. The summed E-state index contributed by atoms with van der Waals surface area (Å²) in [6, 6.07) is 1.42. The lowest BCUT2D eigenvalue weighted by Gasteiger charge is -2.36. The van der Waals surface area contributed by atoms with Crippen LogP contribution in [0.5, 0.6) is 0 Å². The lowest BCUT2D eigenvalue weighted by molar-refractivity contribution is 0.221. The van der Waals surface area contributed by atoms with Crippen molar-refractivity contribution < 1.29 is 0 Å². The van der Waals surface area contributed by atoms with Crippen LogP contribution in [-0.4, -0.2) is 48.6 Å². The van der Waals surface area contributed by atoms with Crippen molar-refractivity contribution >= 4 is 16.5 Å². The third-order valence-electron chi connectivity index (χ3n) is 4.54. The number of nitrogens with zero attached hydrogens (tertiary/aromatic N) is 3. The standard InChI is InChI=1S/C15H26N4S/c1-3-19-8-6-14(7-9-19)18(2)15-17-13(11-20-15)10-16-12-4-5-12/h11-12,14,16H,3-10H2,1-2H3. The summed E-state index contributed by atoms with van der Waals surface area (Å²) in [7, 11) is 2.21. The lowest BCUT2D eigenvalue weighted by Crippen LogP contribution is -2.43. The van der Waals surface area contributed by atoms with Crippen LogP contribution in [0.2, 0.25) is 0 Å². The van der Waals surface area contributed by atoms with E-state index in [0.717, 1.165) is 12.6 Å². The van der Waals surface area contributed by atoms with Crippen LogP contribution in [0.1, 0.15) is 38.3 Å². The number of piperidine rings is 1. The van der Waals surface area contributed by atoms with Crippen LogP contribution in [0.3, 0.4) is 0 Å². The number of thiazole rings is 1. The molecule has 0 aromatic carbocycles. The molecule has 0 atom stereocenters. The average molecular weight is 294 g/mol. The van der Waals surface area contributed by atoms with E-state index in [1.807, 2.05) is 0 Å². The minimum atomic E-state index is 0.660. The summed E-state index contributed by atoms with van der Waals surface area (Å²) in [4.78, 5) is 9.73. The lowest BCUT2D eigenvalue weighted by atomic mass is 10.0. The monoisotopic (exact) mass is 294 g/mol. The van der Waals surface area contributed by atoms with Crippen molar-refractivity contribution in [2.24, 2.45) is 0 Å². The van der Waals surface area contributed by atoms with Crippen LogP contribution < -0.4 is 10.2 Å². The van der Waals surface area contributed by atoms with Gasteiger partial charge in [0.2, 0.25) is 0 Å². The highest BCUT2D eigenvalue weighted by atomic mass is 32.1. The smallest absolute Gasteiger partial charge is 0.185 e. The van der Waals surface area contributed by atoms with E-state index in [1.165, 1.54) is 56.1 Å². The molecule has 0 unspecified atom stereocenters. The van der Waals surface area contributed by atoms with Gasteiger partial charge in [-0.1, -0.05) is 6.92 Å². The third-order valence-corrected chi connectivity index (χ3v) is 5.52. The Hall–Kier alpha value is -0.650. The molecule has 20 heavy (non-hydrogen) atoms. The van der Waals surface area contributed by atoms with Crippen molar-refractivity contribution in [3.8, 4) is 0 Å². The van der Waals surface area contributed by atoms with Crippen molar-refractivity contribution in [2.45, 2.75) is 51.2 Å². The van der Waals surface area contributed by atoms with Crippen molar-refractivity contribution in [2.75, 3.05) is 31.6 Å². The summed E-state index contributed by atoms with van der Waals surface area (Å²) in [5.41, 5.74) is 1.20. The SMILES string of the molecule is CCN1CCC(N(C)c2nc(CNC3CC3)cs2)CC1. The molecule has 3 rings (SSSR count). The Balaban J connectivity index is 1.52. The van der Waals surface area contributed by atoms with E-state index < -0.39 is 0 Å². The number of hydrogen-bond donors (Lipinski definition) is 1. The Morgan fingerprint density at radius 2 is 2.10 bits per heavy atom. The molecule has 1 aliphatic carbocycles. The molecule has 1 aliphatic heterocycles. The topological polar surface area (TPSA) is 31.4 Å². The van der Waals surface area contributed by atoms with Crippen molar-refractivity contribution in [1.82, 2.24) is 15.2 Å². The zero-order valence-corrected chi connectivity index (χ0v) is 13.5. The van der Waals surface area contributed by atoms with E-state index in [2.05, 4.69) is 34.5 Å². The summed E-state index contributed by atoms with van der Waals surface area (Å²) in [6.07, 6.45) is 5.21. The minimum absolute atomic E-state index is 0.660. The molecule has 0 bridgehead atoms. The molecule has 1 aromatic heterocycles. The van der Waals surface area contributed by atoms with Crippen molar-refractivity contribution in [3.05, 3.63) is 11.1 Å². The molecule has 112 valence electrons. The Morgan fingerprint density at radius 1 is 1.35 bits per heavy atom. The largest absolute Gasteiger partial charge is 0.348 e. The van der Waals surface area contributed by atoms with Gasteiger partial charge in [0, 0.05) is 44.1 Å². The maximum absolute atomic E-state index is 4.79. The zero-order valence-electron chi connectivity index (χ0n) is 12.6. The first-order valence-corrected chi connectivity index (χ1v) is 8.77. The molecule has 5 heteroatoms.